The molecule has 0 saturated carbocycles. The van der Waals surface area contributed by atoms with E-state index in [2.05, 4.69) is 5.32 Å². The summed E-state index contributed by atoms with van der Waals surface area (Å²) in [7, 11) is -3.70. The predicted octanol–water partition coefficient (Wildman–Crippen LogP) is 1.27. The quantitative estimate of drug-likeness (QED) is 0.797. The molecule has 0 spiro atoms. The summed E-state index contributed by atoms with van der Waals surface area (Å²) in [6.45, 7) is 5.47. The van der Waals surface area contributed by atoms with Gasteiger partial charge in [-0.1, -0.05) is 19.1 Å². The van der Waals surface area contributed by atoms with Crippen LogP contribution in [0.15, 0.2) is 23.1 Å². The lowest BCUT2D eigenvalue weighted by molar-refractivity contribution is -0.119. The van der Waals surface area contributed by atoms with Crippen molar-refractivity contribution >= 4 is 21.4 Å². The zero-order chi connectivity index (χ0) is 14.6. The van der Waals surface area contributed by atoms with Crippen molar-refractivity contribution in [2.45, 2.75) is 38.1 Å². The molecule has 1 unspecified atom stereocenters. The van der Waals surface area contributed by atoms with Crippen LogP contribution < -0.4 is 11.1 Å². The van der Waals surface area contributed by atoms with E-state index in [1.165, 1.54) is 6.07 Å². The van der Waals surface area contributed by atoms with E-state index >= 15 is 0 Å². The predicted molar refractivity (Wildman–Crippen MR) is 75.5 cm³/mol. The molecule has 0 bridgehead atoms. The summed E-state index contributed by atoms with van der Waals surface area (Å²) in [5.74, 6) is -1.08. The Morgan fingerprint density at radius 2 is 2.05 bits per heavy atom. The molecule has 5 nitrogen and oxygen atoms in total. The van der Waals surface area contributed by atoms with Gasteiger partial charge in [0.05, 0.1) is 10.6 Å². The van der Waals surface area contributed by atoms with Gasteiger partial charge in [-0.3, -0.25) is 4.79 Å². The van der Waals surface area contributed by atoms with Crippen LogP contribution in [0.2, 0.25) is 0 Å². The smallest absolute Gasteiger partial charge is 0.235 e. The van der Waals surface area contributed by atoms with Crippen molar-refractivity contribution in [2.24, 2.45) is 0 Å². The van der Waals surface area contributed by atoms with Crippen molar-refractivity contribution in [3.63, 3.8) is 0 Å². The fourth-order valence-electron chi connectivity index (χ4n) is 1.59. The fraction of sp³-hybridized carbons (Fsp3) is 0.462. The van der Waals surface area contributed by atoms with Gasteiger partial charge in [0, 0.05) is 6.04 Å². The van der Waals surface area contributed by atoms with Crippen molar-refractivity contribution in [3.05, 3.63) is 23.8 Å². The van der Waals surface area contributed by atoms with Crippen LogP contribution in [0, 0.1) is 6.92 Å². The zero-order valence-electron chi connectivity index (χ0n) is 11.4. The number of carbonyl (C=O) groups excluding carboxylic acids is 1. The molecule has 1 atom stereocenters. The van der Waals surface area contributed by atoms with Crippen molar-refractivity contribution < 1.29 is 13.2 Å². The van der Waals surface area contributed by atoms with Gasteiger partial charge in [0.15, 0.2) is 9.84 Å². The van der Waals surface area contributed by atoms with Gasteiger partial charge in [0.1, 0.15) is 5.75 Å². The number of para-hydroxylation sites is 1. The normalized spacial score (nSPS) is 13.0. The number of aryl methyl sites for hydroxylation is 1. The van der Waals surface area contributed by atoms with Crippen molar-refractivity contribution in [1.29, 1.82) is 0 Å². The summed E-state index contributed by atoms with van der Waals surface area (Å²) >= 11 is 0. The van der Waals surface area contributed by atoms with Gasteiger partial charge < -0.3 is 11.1 Å². The lowest BCUT2D eigenvalue weighted by atomic mass is 10.2. The number of hydrogen-bond acceptors (Lipinski definition) is 4. The van der Waals surface area contributed by atoms with E-state index in [9.17, 15) is 13.2 Å². The Hall–Kier alpha value is -1.56. The molecule has 1 aromatic rings. The fourth-order valence-corrected chi connectivity index (χ4v) is 2.96. The minimum Gasteiger partial charge on any atom is -0.397 e. The molecule has 106 valence electrons. The third kappa shape index (κ3) is 3.96. The Bertz CT molecular complexity index is 567. The molecular weight excluding hydrogens is 264 g/mol. The summed E-state index contributed by atoms with van der Waals surface area (Å²) in [5.41, 5.74) is 6.65. The molecule has 0 aliphatic heterocycles. The van der Waals surface area contributed by atoms with Crippen LogP contribution in [0.5, 0.6) is 0 Å². The van der Waals surface area contributed by atoms with Crippen molar-refractivity contribution in [1.82, 2.24) is 5.32 Å². The molecule has 0 aliphatic rings. The first-order valence-electron chi connectivity index (χ1n) is 6.15. The summed E-state index contributed by atoms with van der Waals surface area (Å²) in [5, 5.41) is 2.63. The summed E-state index contributed by atoms with van der Waals surface area (Å²) < 4.78 is 24.3. The first-order valence-corrected chi connectivity index (χ1v) is 7.80. The minimum absolute atomic E-state index is 0.0202. The summed E-state index contributed by atoms with van der Waals surface area (Å²) in [4.78, 5) is 11.7. The van der Waals surface area contributed by atoms with Gasteiger partial charge in [-0.25, -0.2) is 8.42 Å². The second kappa shape index (κ2) is 6.06. The monoisotopic (exact) mass is 284 g/mol. The van der Waals surface area contributed by atoms with Crippen molar-refractivity contribution in [2.75, 3.05) is 11.5 Å². The van der Waals surface area contributed by atoms with Crippen LogP contribution in [0.4, 0.5) is 5.69 Å². The van der Waals surface area contributed by atoms with Crippen molar-refractivity contribution in [3.8, 4) is 0 Å². The van der Waals surface area contributed by atoms with Gasteiger partial charge in [-0.05, 0) is 31.9 Å². The SMILES string of the molecule is CCC(C)NC(=O)CS(=O)(=O)c1cccc(C)c1N. The van der Waals surface area contributed by atoms with Crippen LogP contribution in [-0.2, 0) is 14.6 Å². The standard InChI is InChI=1S/C13H20N2O3S/c1-4-10(3)15-12(16)8-19(17,18)11-7-5-6-9(2)13(11)14/h5-7,10H,4,8,14H2,1-3H3,(H,15,16). The molecule has 3 N–H and O–H groups in total. The molecule has 1 rings (SSSR count). The summed E-state index contributed by atoms with van der Waals surface area (Å²) in [6.07, 6.45) is 0.748. The maximum absolute atomic E-state index is 12.1. The Kier molecular flexibility index (Phi) is 4.94. The number of nitrogens with one attached hydrogen (secondary N) is 1. The highest BCUT2D eigenvalue weighted by Crippen LogP contribution is 2.22. The average molecular weight is 284 g/mol. The van der Waals surface area contributed by atoms with Crippen LogP contribution in [0.3, 0.4) is 0 Å². The number of hydrogen-bond donors (Lipinski definition) is 2. The van der Waals surface area contributed by atoms with Gasteiger partial charge in [0.25, 0.3) is 0 Å². The highest BCUT2D eigenvalue weighted by Gasteiger charge is 2.22. The molecular formula is C13H20N2O3S. The molecule has 0 saturated heterocycles. The Labute approximate surface area is 114 Å². The number of sulfone groups is 1. The highest BCUT2D eigenvalue weighted by molar-refractivity contribution is 7.92. The Balaban J connectivity index is 2.93. The van der Waals surface area contributed by atoms with E-state index in [4.69, 9.17) is 5.73 Å². The molecule has 0 fully saturated rings. The van der Waals surface area contributed by atoms with Crippen LogP contribution in [-0.4, -0.2) is 26.1 Å². The lowest BCUT2D eigenvalue weighted by Gasteiger charge is -2.13. The molecule has 0 aromatic heterocycles. The largest absolute Gasteiger partial charge is 0.397 e. The number of nitrogens with two attached hydrogens (primary N) is 1. The minimum atomic E-state index is -3.70. The number of benzene rings is 1. The average Bonchev–Trinajstić information content (AvgIpc) is 2.31. The number of rotatable bonds is 5. The number of anilines is 1. The lowest BCUT2D eigenvalue weighted by Crippen LogP contribution is -2.36. The van der Waals surface area contributed by atoms with Gasteiger partial charge in [0.2, 0.25) is 5.91 Å². The molecule has 1 aromatic carbocycles. The van der Waals surface area contributed by atoms with E-state index in [0.29, 0.717) is 5.56 Å². The van der Waals surface area contributed by atoms with Gasteiger partial charge in [-0.2, -0.15) is 0 Å². The van der Waals surface area contributed by atoms with E-state index in [1.54, 1.807) is 19.1 Å². The number of carbonyl (C=O) groups is 1. The molecule has 0 heterocycles. The second-order valence-corrected chi connectivity index (χ2v) is 6.58. The molecule has 0 radical (unpaired) electrons. The Morgan fingerprint density at radius 1 is 1.42 bits per heavy atom. The molecule has 1 amide bonds. The number of nitrogen functional groups attached to an aromatic ring is 1. The molecule has 6 heteroatoms. The Morgan fingerprint density at radius 3 is 2.63 bits per heavy atom. The van der Waals surface area contributed by atoms with Crippen LogP contribution >= 0.6 is 0 Å². The third-order valence-electron chi connectivity index (χ3n) is 2.96. The van der Waals surface area contributed by atoms with Crippen LogP contribution in [0.1, 0.15) is 25.8 Å². The molecule has 19 heavy (non-hydrogen) atoms. The second-order valence-electron chi connectivity index (χ2n) is 4.62. The van der Waals surface area contributed by atoms with E-state index < -0.39 is 21.5 Å². The van der Waals surface area contributed by atoms with E-state index in [0.717, 1.165) is 6.42 Å². The highest BCUT2D eigenvalue weighted by atomic mass is 32.2. The maximum Gasteiger partial charge on any atom is 0.235 e. The first kappa shape index (κ1) is 15.5. The number of amides is 1. The maximum atomic E-state index is 12.1. The van der Waals surface area contributed by atoms with E-state index in [-0.39, 0.29) is 16.6 Å². The zero-order valence-corrected chi connectivity index (χ0v) is 12.3. The third-order valence-corrected chi connectivity index (χ3v) is 4.63. The summed E-state index contributed by atoms with van der Waals surface area (Å²) in [6, 6.07) is 4.73. The van der Waals surface area contributed by atoms with Gasteiger partial charge in [-0.15, -0.1) is 0 Å². The van der Waals surface area contributed by atoms with Gasteiger partial charge >= 0.3 is 0 Å². The topological polar surface area (TPSA) is 89.3 Å². The first-order chi connectivity index (χ1) is 8.77. The van der Waals surface area contributed by atoms with E-state index in [1.807, 2.05) is 13.8 Å². The van der Waals surface area contributed by atoms with Crippen LogP contribution in [0.25, 0.3) is 0 Å². The molecule has 0 aliphatic carbocycles.